The van der Waals surface area contributed by atoms with Crippen molar-refractivity contribution in [2.24, 2.45) is 5.92 Å². The van der Waals surface area contributed by atoms with Gasteiger partial charge in [-0.25, -0.2) is 0 Å². The number of anilines is 1. The number of aromatic hydroxyl groups is 2. The molecule has 3 heterocycles. The summed E-state index contributed by atoms with van der Waals surface area (Å²) in [6.45, 7) is 3.72. The van der Waals surface area contributed by atoms with Crippen LogP contribution < -0.4 is 24.3 Å². The van der Waals surface area contributed by atoms with Gasteiger partial charge in [-0.1, -0.05) is 31.2 Å². The molecule has 7 atom stereocenters. The number of phenolic OH excluding ortho intramolecular Hbond substituents is 2. The van der Waals surface area contributed by atoms with Gasteiger partial charge in [0.25, 0.3) is 5.91 Å². The van der Waals surface area contributed by atoms with Crippen LogP contribution in [0.15, 0.2) is 60.7 Å². The van der Waals surface area contributed by atoms with Gasteiger partial charge in [0.2, 0.25) is 5.75 Å². The second-order valence-corrected chi connectivity index (χ2v) is 13.4. The molecule has 0 bridgehead atoms. The summed E-state index contributed by atoms with van der Waals surface area (Å²) in [6, 6.07) is 16.4. The summed E-state index contributed by atoms with van der Waals surface area (Å²) < 4.78 is 61.5. The molecular formula is C40H51NO13. The Morgan fingerprint density at radius 1 is 0.778 bits per heavy atom. The number of rotatable bonds is 16. The molecule has 1 amide bonds. The average molecular weight is 754 g/mol. The van der Waals surface area contributed by atoms with E-state index in [2.05, 4.69) is 12.2 Å². The lowest BCUT2D eigenvalue weighted by Crippen LogP contribution is -2.59. The first kappa shape index (κ1) is 39.4. The lowest BCUT2D eigenvalue weighted by atomic mass is 9.90. The highest BCUT2D eigenvalue weighted by Crippen LogP contribution is 2.40. The van der Waals surface area contributed by atoms with Crippen molar-refractivity contribution < 1.29 is 62.4 Å². The number of nitrogens with one attached hydrogen (secondary N) is 1. The third-order valence-electron chi connectivity index (χ3n) is 9.68. The zero-order valence-electron chi connectivity index (χ0n) is 31.0. The van der Waals surface area contributed by atoms with Crippen LogP contribution in [0.3, 0.4) is 0 Å². The smallest absolute Gasteiger partial charge is 0.259 e. The van der Waals surface area contributed by atoms with Gasteiger partial charge >= 0.3 is 0 Å². The number of carbonyl (C=O) groups excluding carboxylic acids is 1. The van der Waals surface area contributed by atoms with Crippen LogP contribution in [-0.4, -0.2) is 101 Å². The summed E-state index contributed by atoms with van der Waals surface area (Å²) in [5.74, 6) is 0.00401. The van der Waals surface area contributed by atoms with Gasteiger partial charge in [-0.3, -0.25) is 4.79 Å². The van der Waals surface area contributed by atoms with E-state index in [0.717, 1.165) is 38.5 Å². The maximum atomic E-state index is 12.9. The van der Waals surface area contributed by atoms with Gasteiger partial charge in [0.1, 0.15) is 31.7 Å². The number of hydrogen-bond donors (Lipinski definition) is 3. The van der Waals surface area contributed by atoms with E-state index in [1.54, 1.807) is 56.7 Å². The number of phenols is 2. The molecule has 3 N–H and O–H groups in total. The Bertz CT molecular complexity index is 1640. The third kappa shape index (κ3) is 9.86. The lowest BCUT2D eigenvalue weighted by Gasteiger charge is -2.46. The molecule has 14 nitrogen and oxygen atoms in total. The van der Waals surface area contributed by atoms with Crippen molar-refractivity contribution in [3.05, 3.63) is 66.2 Å². The highest BCUT2D eigenvalue weighted by molar-refractivity contribution is 6.07. The topological polar surface area (TPSA) is 162 Å². The van der Waals surface area contributed by atoms with Crippen LogP contribution >= 0.6 is 0 Å². The van der Waals surface area contributed by atoms with E-state index in [4.69, 9.17) is 47.4 Å². The fourth-order valence-electron chi connectivity index (χ4n) is 6.73. The minimum Gasteiger partial charge on any atom is -0.504 e. The Labute approximate surface area is 315 Å². The van der Waals surface area contributed by atoms with Crippen molar-refractivity contribution in [1.29, 1.82) is 0 Å². The maximum Gasteiger partial charge on any atom is 0.259 e. The first-order valence-electron chi connectivity index (χ1n) is 18.5. The van der Waals surface area contributed by atoms with Crippen LogP contribution in [0, 0.1) is 5.92 Å². The molecule has 3 aromatic rings. The lowest BCUT2D eigenvalue weighted by molar-refractivity contribution is -0.345. The predicted molar refractivity (Wildman–Crippen MR) is 195 cm³/mol. The summed E-state index contributed by atoms with van der Waals surface area (Å²) in [6.07, 6.45) is 2.76. The van der Waals surface area contributed by atoms with E-state index in [1.165, 1.54) is 18.2 Å². The van der Waals surface area contributed by atoms with E-state index in [1.807, 2.05) is 0 Å². The van der Waals surface area contributed by atoms with Crippen LogP contribution in [0.1, 0.15) is 55.8 Å². The summed E-state index contributed by atoms with van der Waals surface area (Å²) in [5, 5.41) is 22.7. The first-order chi connectivity index (χ1) is 26.4. The van der Waals surface area contributed by atoms with E-state index in [0.29, 0.717) is 41.9 Å². The Kier molecular flexibility index (Phi) is 14.1. The van der Waals surface area contributed by atoms with Crippen LogP contribution in [0.4, 0.5) is 5.69 Å². The summed E-state index contributed by atoms with van der Waals surface area (Å²) in [5.41, 5.74) is 0.302. The monoisotopic (exact) mass is 753 g/mol. The highest BCUT2D eigenvalue weighted by Gasteiger charge is 2.48. The van der Waals surface area contributed by atoms with Crippen molar-refractivity contribution in [3.8, 4) is 34.5 Å². The standard InChI is InChI=1S/C40H51NO13/c1-25-32(52-40(46-3)38(54-34-19-7-9-21-50-34)36(25)53-33-18-6-8-20-49-33)24-51-37-30(45-2)16-11-17-31(37)48-23-22-47-29-15-5-4-13-27(29)41-39(44)26-12-10-14-28(42)35(26)43/h4-5,10-17,25,32-34,36,38,40,42-43H,6-9,18-24H2,1-3H3,(H,41,44)/t25-,32?,33?,34?,36+,38-,40?/m1/s1. The first-order valence-corrected chi connectivity index (χ1v) is 18.5. The van der Waals surface area contributed by atoms with Gasteiger partial charge in [0, 0.05) is 26.2 Å². The molecule has 294 valence electrons. The van der Waals surface area contributed by atoms with Crippen molar-refractivity contribution >= 4 is 11.6 Å². The summed E-state index contributed by atoms with van der Waals surface area (Å²) in [4.78, 5) is 12.9. The molecule has 3 aliphatic rings. The van der Waals surface area contributed by atoms with Crippen LogP contribution in [0.2, 0.25) is 0 Å². The molecule has 3 aromatic carbocycles. The van der Waals surface area contributed by atoms with Crippen molar-refractivity contribution in [2.45, 2.75) is 82.6 Å². The normalized spacial score (nSPS) is 25.7. The molecule has 0 spiro atoms. The summed E-state index contributed by atoms with van der Waals surface area (Å²) in [7, 11) is 3.14. The van der Waals surface area contributed by atoms with Gasteiger partial charge in [-0.2, -0.15) is 0 Å². The minimum atomic E-state index is -0.738. The molecule has 0 saturated carbocycles. The Morgan fingerprint density at radius 3 is 2.11 bits per heavy atom. The summed E-state index contributed by atoms with van der Waals surface area (Å²) >= 11 is 0. The largest absolute Gasteiger partial charge is 0.504 e. The van der Waals surface area contributed by atoms with Gasteiger partial charge < -0.3 is 62.9 Å². The van der Waals surface area contributed by atoms with Gasteiger partial charge in [0.05, 0.1) is 30.6 Å². The van der Waals surface area contributed by atoms with E-state index in [9.17, 15) is 15.0 Å². The van der Waals surface area contributed by atoms with Gasteiger partial charge in [-0.15, -0.1) is 0 Å². The van der Waals surface area contributed by atoms with Crippen LogP contribution in [-0.2, 0) is 28.4 Å². The molecule has 54 heavy (non-hydrogen) atoms. The second-order valence-electron chi connectivity index (χ2n) is 13.4. The fraction of sp³-hybridized carbons (Fsp3) is 0.525. The van der Waals surface area contributed by atoms with E-state index >= 15 is 0 Å². The Hall–Kier alpha value is -4.31. The minimum absolute atomic E-state index is 0.0760. The molecular weight excluding hydrogens is 702 g/mol. The SMILES string of the molecule is COc1cccc(OCCOc2ccccc2NC(=O)c2cccc(O)c2O)c1OCC1OC(OC)[C@H](OC2CCCCO2)[C@@H](OC2CCCCO2)[C@@H]1C. The molecule has 4 unspecified atom stereocenters. The zero-order chi connectivity index (χ0) is 37.9. The molecule has 14 heteroatoms. The maximum absolute atomic E-state index is 12.9. The Balaban J connectivity index is 1.09. The number of ether oxygens (including phenoxy) is 10. The molecule has 3 fully saturated rings. The number of para-hydroxylation sites is 4. The van der Waals surface area contributed by atoms with E-state index in [-0.39, 0.29) is 43.9 Å². The average Bonchev–Trinajstić information content (AvgIpc) is 3.20. The number of methoxy groups -OCH3 is 2. The quantitative estimate of drug-likeness (QED) is 0.115. The van der Waals surface area contributed by atoms with Crippen LogP contribution in [0.5, 0.6) is 34.5 Å². The molecule has 6 rings (SSSR count). The highest BCUT2D eigenvalue weighted by atomic mass is 16.8. The molecule has 0 radical (unpaired) electrons. The molecule has 3 saturated heterocycles. The Morgan fingerprint density at radius 2 is 1.43 bits per heavy atom. The predicted octanol–water partition coefficient (Wildman–Crippen LogP) is 6.03. The number of carbonyl (C=O) groups is 1. The third-order valence-corrected chi connectivity index (χ3v) is 9.68. The number of hydrogen-bond acceptors (Lipinski definition) is 13. The fourth-order valence-corrected chi connectivity index (χ4v) is 6.73. The van der Waals surface area contributed by atoms with Crippen LogP contribution in [0.25, 0.3) is 0 Å². The molecule has 0 aliphatic carbocycles. The van der Waals surface area contributed by atoms with Gasteiger partial charge in [0.15, 0.2) is 41.9 Å². The number of amides is 1. The van der Waals surface area contributed by atoms with Crippen molar-refractivity contribution in [3.63, 3.8) is 0 Å². The van der Waals surface area contributed by atoms with Crippen molar-refractivity contribution in [1.82, 2.24) is 0 Å². The molecule has 0 aromatic heterocycles. The van der Waals surface area contributed by atoms with Crippen molar-refractivity contribution in [2.75, 3.05) is 52.6 Å². The zero-order valence-corrected chi connectivity index (χ0v) is 31.0. The molecule has 3 aliphatic heterocycles. The second kappa shape index (κ2) is 19.3. The van der Waals surface area contributed by atoms with E-state index < -0.39 is 42.0 Å². The number of benzene rings is 3. The van der Waals surface area contributed by atoms with Gasteiger partial charge in [-0.05, 0) is 74.9 Å².